The van der Waals surface area contributed by atoms with Crippen molar-refractivity contribution >= 4 is 11.1 Å². The molecule has 0 heterocycles. The van der Waals surface area contributed by atoms with Crippen molar-refractivity contribution in [3.63, 3.8) is 0 Å². The molecule has 0 saturated heterocycles. The second kappa shape index (κ2) is 7.70. The molecule has 88 valence electrons. The first kappa shape index (κ1) is 15.4. The minimum absolute atomic E-state index is 0. The molecule has 1 aliphatic rings. The van der Waals surface area contributed by atoms with Crippen LogP contribution in [-0.2, 0) is 16.8 Å². The molecule has 0 aliphatic heterocycles. The van der Waals surface area contributed by atoms with E-state index in [0.717, 1.165) is 5.56 Å². The fourth-order valence-electron chi connectivity index (χ4n) is 2.46. The van der Waals surface area contributed by atoms with E-state index in [0.29, 0.717) is 5.92 Å². The van der Waals surface area contributed by atoms with Crippen LogP contribution >= 0.6 is 0 Å². The Morgan fingerprint density at radius 2 is 1.71 bits per heavy atom. The SMILES string of the molecule is O=S([O-])Cc1ccc(C2CCCCC2)cc1.[Na+]. The first-order valence-corrected chi connectivity index (χ1v) is 7.15. The van der Waals surface area contributed by atoms with Gasteiger partial charge in [0.15, 0.2) is 0 Å². The Morgan fingerprint density at radius 1 is 1.12 bits per heavy atom. The zero-order valence-corrected chi connectivity index (χ0v) is 13.2. The molecule has 0 aromatic heterocycles. The van der Waals surface area contributed by atoms with Gasteiger partial charge in [0, 0.05) is 5.75 Å². The maximum atomic E-state index is 10.6. The van der Waals surface area contributed by atoms with Crippen molar-refractivity contribution in [1.29, 1.82) is 0 Å². The summed E-state index contributed by atoms with van der Waals surface area (Å²) < 4.78 is 21.1. The topological polar surface area (TPSA) is 40.1 Å². The Morgan fingerprint density at radius 3 is 2.24 bits per heavy atom. The molecule has 0 radical (unpaired) electrons. The number of hydrogen-bond acceptors (Lipinski definition) is 2. The second-order valence-electron chi connectivity index (χ2n) is 4.52. The van der Waals surface area contributed by atoms with Gasteiger partial charge in [-0.1, -0.05) is 54.6 Å². The minimum Gasteiger partial charge on any atom is -0.772 e. The molecule has 1 unspecified atom stereocenters. The molecule has 17 heavy (non-hydrogen) atoms. The fraction of sp³-hybridized carbons (Fsp3) is 0.538. The van der Waals surface area contributed by atoms with E-state index in [-0.39, 0.29) is 35.3 Å². The smallest absolute Gasteiger partial charge is 0.772 e. The number of rotatable bonds is 3. The second-order valence-corrected chi connectivity index (χ2v) is 5.42. The normalized spacial score (nSPS) is 18.4. The molecule has 1 aromatic carbocycles. The maximum Gasteiger partial charge on any atom is 1.00 e. The van der Waals surface area contributed by atoms with Crippen LogP contribution in [0.15, 0.2) is 24.3 Å². The van der Waals surface area contributed by atoms with Crippen molar-refractivity contribution in [2.45, 2.75) is 43.8 Å². The third-order valence-electron chi connectivity index (χ3n) is 3.34. The summed E-state index contributed by atoms with van der Waals surface area (Å²) in [6, 6.07) is 8.08. The summed E-state index contributed by atoms with van der Waals surface area (Å²) >= 11 is -1.98. The van der Waals surface area contributed by atoms with Crippen LogP contribution in [0.2, 0.25) is 0 Å². The predicted molar refractivity (Wildman–Crippen MR) is 64.9 cm³/mol. The number of hydrogen-bond donors (Lipinski definition) is 0. The Labute approximate surface area is 128 Å². The fourth-order valence-corrected chi connectivity index (χ4v) is 2.92. The van der Waals surface area contributed by atoms with E-state index in [2.05, 4.69) is 12.1 Å². The van der Waals surface area contributed by atoms with Gasteiger partial charge in [0.1, 0.15) is 0 Å². The van der Waals surface area contributed by atoms with E-state index < -0.39 is 11.1 Å². The third kappa shape index (κ3) is 4.84. The van der Waals surface area contributed by atoms with Gasteiger partial charge in [-0.05, 0) is 29.9 Å². The van der Waals surface area contributed by atoms with Crippen LogP contribution in [-0.4, -0.2) is 8.76 Å². The summed E-state index contributed by atoms with van der Waals surface area (Å²) in [6.07, 6.45) is 6.59. The van der Waals surface area contributed by atoms with Crippen molar-refractivity contribution in [2.24, 2.45) is 0 Å². The molecule has 4 heteroatoms. The molecule has 1 saturated carbocycles. The summed E-state index contributed by atoms with van der Waals surface area (Å²) in [5, 5.41) is 0. The van der Waals surface area contributed by atoms with Gasteiger partial charge in [-0.15, -0.1) is 0 Å². The Balaban J connectivity index is 0.00000144. The Bertz CT molecular complexity index is 358. The van der Waals surface area contributed by atoms with Crippen LogP contribution in [0.5, 0.6) is 0 Å². The average Bonchev–Trinajstić information content (AvgIpc) is 2.30. The predicted octanol–water partition coefficient (Wildman–Crippen LogP) is 0.117. The minimum atomic E-state index is -1.98. The third-order valence-corrected chi connectivity index (χ3v) is 3.91. The summed E-state index contributed by atoms with van der Waals surface area (Å²) in [5.74, 6) is 0.825. The molecule has 0 amide bonds. The first-order valence-electron chi connectivity index (χ1n) is 5.90. The van der Waals surface area contributed by atoms with Crippen LogP contribution in [0.3, 0.4) is 0 Å². The molecular formula is C13H17NaO2S. The molecule has 1 fully saturated rings. The van der Waals surface area contributed by atoms with Gasteiger partial charge in [0.2, 0.25) is 0 Å². The van der Waals surface area contributed by atoms with Crippen molar-refractivity contribution in [1.82, 2.24) is 0 Å². The van der Waals surface area contributed by atoms with Gasteiger partial charge >= 0.3 is 29.6 Å². The van der Waals surface area contributed by atoms with Crippen molar-refractivity contribution in [3.8, 4) is 0 Å². The largest absolute Gasteiger partial charge is 1.00 e. The molecule has 1 aliphatic carbocycles. The van der Waals surface area contributed by atoms with Gasteiger partial charge < -0.3 is 4.55 Å². The summed E-state index contributed by atoms with van der Waals surface area (Å²) in [5.41, 5.74) is 2.26. The summed E-state index contributed by atoms with van der Waals surface area (Å²) in [4.78, 5) is 0. The van der Waals surface area contributed by atoms with Crippen LogP contribution in [0, 0.1) is 0 Å². The standard InChI is InChI=1S/C13H18O2S.Na/c14-16(15)10-11-6-8-13(9-7-11)12-4-2-1-3-5-12;/h6-9,12H,1-5,10H2,(H,14,15);/q;+1/p-1. The molecule has 0 N–H and O–H groups in total. The van der Waals surface area contributed by atoms with Crippen LogP contribution < -0.4 is 29.6 Å². The van der Waals surface area contributed by atoms with Gasteiger partial charge in [-0.3, -0.25) is 4.21 Å². The van der Waals surface area contributed by atoms with E-state index >= 15 is 0 Å². The van der Waals surface area contributed by atoms with E-state index in [4.69, 9.17) is 0 Å². The van der Waals surface area contributed by atoms with Crippen molar-refractivity contribution in [3.05, 3.63) is 35.4 Å². The molecule has 2 rings (SSSR count). The van der Waals surface area contributed by atoms with Crippen molar-refractivity contribution in [2.75, 3.05) is 0 Å². The molecule has 1 atom stereocenters. The van der Waals surface area contributed by atoms with Gasteiger partial charge in [0.05, 0.1) is 0 Å². The number of benzene rings is 1. The molecule has 0 bridgehead atoms. The summed E-state index contributed by atoms with van der Waals surface area (Å²) in [6.45, 7) is 0. The Kier molecular flexibility index (Phi) is 6.97. The molecule has 0 spiro atoms. The maximum absolute atomic E-state index is 10.6. The average molecular weight is 260 g/mol. The van der Waals surface area contributed by atoms with Crippen LogP contribution in [0.1, 0.15) is 49.1 Å². The zero-order valence-electron chi connectivity index (χ0n) is 10.4. The first-order chi connectivity index (χ1) is 7.75. The van der Waals surface area contributed by atoms with E-state index in [9.17, 15) is 8.76 Å². The van der Waals surface area contributed by atoms with Gasteiger partial charge in [-0.2, -0.15) is 0 Å². The van der Waals surface area contributed by atoms with E-state index in [1.54, 1.807) is 0 Å². The quantitative estimate of drug-likeness (QED) is 0.572. The Hall–Kier alpha value is 0.330. The van der Waals surface area contributed by atoms with E-state index in [1.165, 1.54) is 37.7 Å². The molecular weight excluding hydrogens is 243 g/mol. The van der Waals surface area contributed by atoms with Gasteiger partial charge in [0.25, 0.3) is 0 Å². The zero-order chi connectivity index (χ0) is 11.4. The summed E-state index contributed by atoms with van der Waals surface area (Å²) in [7, 11) is 0. The van der Waals surface area contributed by atoms with E-state index in [1.807, 2.05) is 12.1 Å². The molecule has 1 aromatic rings. The van der Waals surface area contributed by atoms with Crippen LogP contribution in [0.25, 0.3) is 0 Å². The monoisotopic (exact) mass is 260 g/mol. The van der Waals surface area contributed by atoms with Crippen molar-refractivity contribution < 1.29 is 38.3 Å². The molecule has 2 nitrogen and oxygen atoms in total. The van der Waals surface area contributed by atoms with Crippen LogP contribution in [0.4, 0.5) is 0 Å². The van der Waals surface area contributed by atoms with Gasteiger partial charge in [-0.25, -0.2) is 0 Å².